The molecule has 1 aliphatic rings. The number of rotatable bonds is 2. The van der Waals surface area contributed by atoms with Crippen LogP contribution in [0.3, 0.4) is 0 Å². The molecule has 0 aromatic carbocycles. The fourth-order valence-electron chi connectivity index (χ4n) is 2.86. The smallest absolute Gasteiger partial charge is 0.252 e. The minimum Gasteiger partial charge on any atom is -0.384 e. The number of amides is 1. The molecule has 3 unspecified atom stereocenters. The zero-order chi connectivity index (χ0) is 15.2. The Kier molecular flexibility index (Phi) is 5.35. The highest BCUT2D eigenvalue weighted by Gasteiger charge is 2.28. The van der Waals surface area contributed by atoms with Crippen LogP contribution in [0, 0.1) is 23.7 Å². The molecule has 112 valence electrons. The van der Waals surface area contributed by atoms with E-state index in [1.54, 1.807) is 18.5 Å². The number of aliphatic hydroxyl groups excluding tert-OH is 1. The predicted octanol–water partition coefficient (Wildman–Crippen LogP) is 1.98. The summed E-state index contributed by atoms with van der Waals surface area (Å²) in [6.45, 7) is 4.22. The topological polar surface area (TPSA) is 62.2 Å². The maximum absolute atomic E-state index is 12.5. The highest BCUT2D eigenvalue weighted by molar-refractivity contribution is 5.96. The van der Waals surface area contributed by atoms with Crippen LogP contribution < -0.4 is 5.32 Å². The first-order chi connectivity index (χ1) is 10.1. The Bertz CT molecular complexity index is 559. The van der Waals surface area contributed by atoms with E-state index in [1.807, 2.05) is 0 Å². The number of nitrogens with zero attached hydrogens (tertiary/aromatic N) is 1. The summed E-state index contributed by atoms with van der Waals surface area (Å²) in [7, 11) is 0. The number of aromatic nitrogens is 1. The van der Waals surface area contributed by atoms with Gasteiger partial charge in [0.05, 0.1) is 11.1 Å². The van der Waals surface area contributed by atoms with Gasteiger partial charge in [0.2, 0.25) is 0 Å². The third kappa shape index (κ3) is 3.83. The Morgan fingerprint density at radius 3 is 3.05 bits per heavy atom. The van der Waals surface area contributed by atoms with Crippen LogP contribution in [0.2, 0.25) is 0 Å². The van der Waals surface area contributed by atoms with Gasteiger partial charge in [0.1, 0.15) is 6.61 Å². The van der Waals surface area contributed by atoms with E-state index >= 15 is 0 Å². The van der Waals surface area contributed by atoms with Gasteiger partial charge in [-0.1, -0.05) is 38.5 Å². The van der Waals surface area contributed by atoms with Crippen molar-refractivity contribution in [3.63, 3.8) is 0 Å². The Morgan fingerprint density at radius 1 is 1.48 bits per heavy atom. The van der Waals surface area contributed by atoms with Crippen molar-refractivity contribution >= 4 is 5.91 Å². The SMILES string of the molecule is CC1CCCC(NC(=O)c2ccncc2C#CCO)C1C. The van der Waals surface area contributed by atoms with E-state index in [-0.39, 0.29) is 18.6 Å². The highest BCUT2D eigenvalue weighted by Crippen LogP contribution is 2.29. The van der Waals surface area contributed by atoms with Crippen LogP contribution in [0.4, 0.5) is 0 Å². The van der Waals surface area contributed by atoms with Gasteiger partial charge in [-0.05, 0) is 24.3 Å². The monoisotopic (exact) mass is 286 g/mol. The molecule has 2 N–H and O–H groups in total. The molecule has 3 atom stereocenters. The van der Waals surface area contributed by atoms with Crippen LogP contribution in [0.25, 0.3) is 0 Å². The number of aliphatic hydroxyl groups is 1. The first kappa shape index (κ1) is 15.5. The van der Waals surface area contributed by atoms with Crippen LogP contribution >= 0.6 is 0 Å². The van der Waals surface area contributed by atoms with Gasteiger partial charge in [-0.15, -0.1) is 0 Å². The summed E-state index contributed by atoms with van der Waals surface area (Å²) < 4.78 is 0. The molecule has 1 aromatic heterocycles. The first-order valence-electron chi connectivity index (χ1n) is 7.48. The molecule has 0 saturated heterocycles. The Hall–Kier alpha value is -1.86. The number of hydrogen-bond acceptors (Lipinski definition) is 3. The largest absolute Gasteiger partial charge is 0.384 e. The molecule has 0 spiro atoms. The van der Waals surface area contributed by atoms with E-state index in [9.17, 15) is 4.79 Å². The van der Waals surface area contributed by atoms with Crippen molar-refractivity contribution in [1.82, 2.24) is 10.3 Å². The van der Waals surface area contributed by atoms with Gasteiger partial charge in [-0.3, -0.25) is 9.78 Å². The number of carbonyl (C=O) groups excluding carboxylic acids is 1. The van der Waals surface area contributed by atoms with Crippen LogP contribution in [0.15, 0.2) is 18.5 Å². The lowest BCUT2D eigenvalue weighted by atomic mass is 9.78. The van der Waals surface area contributed by atoms with Gasteiger partial charge in [-0.25, -0.2) is 0 Å². The standard InChI is InChI=1S/C17H22N2O2/c1-12-5-3-7-16(13(12)2)19-17(21)15-8-9-18-11-14(15)6-4-10-20/h8-9,11-13,16,20H,3,5,7,10H2,1-2H3,(H,19,21). The average molecular weight is 286 g/mol. The summed E-state index contributed by atoms with van der Waals surface area (Å²) in [6.07, 6.45) is 6.57. The molecule has 1 aliphatic carbocycles. The number of pyridine rings is 1. The minimum atomic E-state index is -0.229. The van der Waals surface area contributed by atoms with Gasteiger partial charge in [0.25, 0.3) is 5.91 Å². The minimum absolute atomic E-state index is 0.106. The Labute approximate surface area is 126 Å². The molecule has 0 radical (unpaired) electrons. The average Bonchev–Trinajstić information content (AvgIpc) is 2.50. The van der Waals surface area contributed by atoms with Crippen LogP contribution in [0.5, 0.6) is 0 Å². The Balaban J connectivity index is 2.13. The maximum atomic E-state index is 12.5. The van der Waals surface area contributed by atoms with Crippen LogP contribution in [-0.4, -0.2) is 28.6 Å². The molecular formula is C17H22N2O2. The summed E-state index contributed by atoms with van der Waals surface area (Å²) in [5, 5.41) is 11.9. The second-order valence-electron chi connectivity index (χ2n) is 5.73. The quantitative estimate of drug-likeness (QED) is 0.817. The molecule has 1 aromatic rings. The molecule has 4 heteroatoms. The van der Waals surface area contributed by atoms with Crippen molar-refractivity contribution < 1.29 is 9.90 Å². The van der Waals surface area contributed by atoms with Crippen LogP contribution in [-0.2, 0) is 0 Å². The lowest BCUT2D eigenvalue weighted by Gasteiger charge is -2.34. The lowest BCUT2D eigenvalue weighted by Crippen LogP contribution is -2.43. The van der Waals surface area contributed by atoms with Gasteiger partial charge < -0.3 is 10.4 Å². The third-order valence-corrected chi connectivity index (χ3v) is 4.39. The van der Waals surface area contributed by atoms with Crippen molar-refractivity contribution in [3.8, 4) is 11.8 Å². The van der Waals surface area contributed by atoms with Gasteiger partial charge in [0, 0.05) is 18.4 Å². The van der Waals surface area contributed by atoms with E-state index in [1.165, 1.54) is 6.42 Å². The molecule has 1 fully saturated rings. The van der Waals surface area contributed by atoms with E-state index in [4.69, 9.17) is 5.11 Å². The number of nitrogens with one attached hydrogen (secondary N) is 1. The predicted molar refractivity (Wildman–Crippen MR) is 81.6 cm³/mol. The Morgan fingerprint density at radius 2 is 2.29 bits per heavy atom. The normalized spacial score (nSPS) is 24.8. The van der Waals surface area contributed by atoms with Crippen LogP contribution in [0.1, 0.15) is 49.0 Å². The lowest BCUT2D eigenvalue weighted by molar-refractivity contribution is 0.0890. The molecular weight excluding hydrogens is 264 g/mol. The van der Waals surface area contributed by atoms with Crippen molar-refractivity contribution in [1.29, 1.82) is 0 Å². The summed E-state index contributed by atoms with van der Waals surface area (Å²) in [5.74, 6) is 6.35. The zero-order valence-corrected chi connectivity index (χ0v) is 12.6. The molecule has 0 bridgehead atoms. The summed E-state index contributed by atoms with van der Waals surface area (Å²) in [6, 6.07) is 1.89. The summed E-state index contributed by atoms with van der Waals surface area (Å²) >= 11 is 0. The molecule has 2 rings (SSSR count). The number of hydrogen-bond donors (Lipinski definition) is 2. The third-order valence-electron chi connectivity index (χ3n) is 4.39. The fourth-order valence-corrected chi connectivity index (χ4v) is 2.86. The van der Waals surface area contributed by atoms with Crippen molar-refractivity contribution in [2.75, 3.05) is 6.61 Å². The van der Waals surface area contributed by atoms with E-state index in [0.29, 0.717) is 23.0 Å². The van der Waals surface area contributed by atoms with E-state index in [2.05, 4.69) is 36.0 Å². The van der Waals surface area contributed by atoms with E-state index in [0.717, 1.165) is 12.8 Å². The molecule has 21 heavy (non-hydrogen) atoms. The second kappa shape index (κ2) is 7.24. The van der Waals surface area contributed by atoms with Gasteiger partial charge in [0.15, 0.2) is 0 Å². The first-order valence-corrected chi connectivity index (χ1v) is 7.48. The molecule has 4 nitrogen and oxygen atoms in total. The number of carbonyl (C=O) groups is 1. The van der Waals surface area contributed by atoms with Crippen molar-refractivity contribution in [3.05, 3.63) is 29.6 Å². The maximum Gasteiger partial charge on any atom is 0.252 e. The van der Waals surface area contributed by atoms with Crippen molar-refractivity contribution in [2.45, 2.75) is 39.2 Å². The zero-order valence-electron chi connectivity index (χ0n) is 12.6. The highest BCUT2D eigenvalue weighted by atomic mass is 16.2. The second-order valence-corrected chi connectivity index (χ2v) is 5.73. The van der Waals surface area contributed by atoms with E-state index < -0.39 is 0 Å². The molecule has 1 saturated carbocycles. The molecule has 0 aliphatic heterocycles. The summed E-state index contributed by atoms with van der Waals surface area (Å²) in [5.41, 5.74) is 1.08. The molecule has 1 amide bonds. The van der Waals surface area contributed by atoms with Gasteiger partial charge >= 0.3 is 0 Å². The van der Waals surface area contributed by atoms with Gasteiger partial charge in [-0.2, -0.15) is 0 Å². The molecule has 1 heterocycles. The van der Waals surface area contributed by atoms with Crippen molar-refractivity contribution in [2.24, 2.45) is 11.8 Å². The fraction of sp³-hybridized carbons (Fsp3) is 0.529. The summed E-state index contributed by atoms with van der Waals surface area (Å²) in [4.78, 5) is 16.5.